The summed E-state index contributed by atoms with van der Waals surface area (Å²) in [5, 5.41) is 38.1. The Hall–Kier alpha value is -3.39. The molecule has 2 aliphatic rings. The third kappa shape index (κ3) is 3.72. The highest BCUT2D eigenvalue weighted by Crippen LogP contribution is 2.54. The molecule has 9 nitrogen and oxygen atoms in total. The lowest BCUT2D eigenvalue weighted by Gasteiger charge is -2.28. The van der Waals surface area contributed by atoms with Gasteiger partial charge in [-0.25, -0.2) is 4.52 Å². The number of nitrogens with one attached hydrogen (secondary N) is 1. The molecule has 0 spiro atoms. The molecule has 5 heterocycles. The molecule has 4 aromatic heterocycles. The smallest absolute Gasteiger partial charge is 0.151 e. The summed E-state index contributed by atoms with van der Waals surface area (Å²) in [5.41, 5.74) is 4.04. The zero-order valence-electron chi connectivity index (χ0n) is 18.8. The number of rotatable bonds is 6. The first-order valence-corrected chi connectivity index (χ1v) is 12.0. The number of nitrogens with zero attached hydrogens (tertiary/aromatic N) is 6. The highest BCUT2D eigenvalue weighted by molar-refractivity contribution is 7.14. The van der Waals surface area contributed by atoms with E-state index in [1.165, 1.54) is 0 Å². The van der Waals surface area contributed by atoms with E-state index < -0.39 is 5.60 Å². The molecule has 10 heteroatoms. The van der Waals surface area contributed by atoms with E-state index in [0.29, 0.717) is 18.8 Å². The molecule has 0 amide bonds. The zero-order chi connectivity index (χ0) is 23.4. The Morgan fingerprint density at radius 2 is 2.09 bits per heavy atom. The maximum atomic E-state index is 10.3. The number of aromatic nitrogens is 5. The van der Waals surface area contributed by atoms with Crippen LogP contribution in [0.3, 0.4) is 0 Å². The minimum atomic E-state index is -0.710. The molecule has 1 saturated heterocycles. The minimum Gasteiger partial charge on any atom is -0.390 e. The van der Waals surface area contributed by atoms with Crippen LogP contribution in [0.25, 0.3) is 27.5 Å². The molecule has 2 unspecified atom stereocenters. The molecule has 1 aliphatic heterocycles. The van der Waals surface area contributed by atoms with Gasteiger partial charge >= 0.3 is 0 Å². The fourth-order valence-electron chi connectivity index (χ4n) is 4.42. The van der Waals surface area contributed by atoms with Gasteiger partial charge in [0.2, 0.25) is 0 Å². The summed E-state index contributed by atoms with van der Waals surface area (Å²) in [6, 6.07) is 10.0. The molecule has 0 radical (unpaired) electrons. The second-order valence-electron chi connectivity index (χ2n) is 9.45. The lowest BCUT2D eigenvalue weighted by molar-refractivity contribution is 0.0211. The highest BCUT2D eigenvalue weighted by atomic mass is 32.1. The van der Waals surface area contributed by atoms with E-state index in [1.807, 2.05) is 38.2 Å². The number of fused-ring (bicyclic) bond motifs is 1. The Bertz CT molecular complexity index is 1430. The van der Waals surface area contributed by atoms with Gasteiger partial charge in [-0.1, -0.05) is 11.3 Å². The third-order valence-corrected chi connectivity index (χ3v) is 7.57. The van der Waals surface area contributed by atoms with E-state index in [2.05, 4.69) is 26.7 Å². The van der Waals surface area contributed by atoms with Crippen LogP contribution in [0.5, 0.6) is 0 Å². The van der Waals surface area contributed by atoms with E-state index in [4.69, 9.17) is 15.0 Å². The van der Waals surface area contributed by atoms with Crippen LogP contribution in [0.4, 0.5) is 5.69 Å². The number of ether oxygens (including phenoxy) is 1. The van der Waals surface area contributed by atoms with E-state index >= 15 is 0 Å². The molecule has 172 valence electrons. The van der Waals surface area contributed by atoms with Gasteiger partial charge in [-0.2, -0.15) is 10.4 Å². The van der Waals surface area contributed by atoms with Crippen molar-refractivity contribution in [3.8, 4) is 28.0 Å². The number of anilines is 1. The van der Waals surface area contributed by atoms with E-state index in [0.717, 1.165) is 44.6 Å². The molecule has 0 bridgehead atoms. The molecule has 1 saturated carbocycles. The summed E-state index contributed by atoms with van der Waals surface area (Å²) in [6.45, 7) is 5.01. The monoisotopic (exact) mass is 473 g/mol. The molecule has 1 aliphatic carbocycles. The van der Waals surface area contributed by atoms with Gasteiger partial charge in [0.15, 0.2) is 5.01 Å². The van der Waals surface area contributed by atoms with Crippen LogP contribution < -0.4 is 5.32 Å². The summed E-state index contributed by atoms with van der Waals surface area (Å²) in [4.78, 5) is 4.73. The van der Waals surface area contributed by atoms with E-state index in [9.17, 15) is 5.11 Å². The number of hydrogen-bond acceptors (Lipinski definition) is 9. The summed E-state index contributed by atoms with van der Waals surface area (Å²) < 4.78 is 7.14. The molecule has 34 heavy (non-hydrogen) atoms. The standard InChI is InChI=1S/C24H23N7O2S/c1-24(2,32)18-6-16(18)22-29-30-23(34-22)17-10-26-20(7-19(17)28-14-11-33-12-14)21-4-3-15-5-13(8-25)9-27-31(15)21/h3-5,7,9-10,14,16,18,32H,6,11-12H2,1-2H3,(H,26,28). The summed E-state index contributed by atoms with van der Waals surface area (Å²) in [7, 11) is 0. The van der Waals surface area contributed by atoms with Crippen molar-refractivity contribution in [3.05, 3.63) is 47.2 Å². The van der Waals surface area contributed by atoms with Gasteiger partial charge in [0, 0.05) is 17.8 Å². The first-order valence-electron chi connectivity index (χ1n) is 11.2. The zero-order valence-corrected chi connectivity index (χ0v) is 19.6. The van der Waals surface area contributed by atoms with Crippen molar-refractivity contribution in [1.82, 2.24) is 24.8 Å². The lowest BCUT2D eigenvalue weighted by Crippen LogP contribution is -2.40. The predicted octanol–water partition coefficient (Wildman–Crippen LogP) is 3.47. The second kappa shape index (κ2) is 7.84. The van der Waals surface area contributed by atoms with Crippen molar-refractivity contribution in [3.63, 3.8) is 0 Å². The number of nitriles is 1. The van der Waals surface area contributed by atoms with E-state index in [1.54, 1.807) is 28.1 Å². The Balaban J connectivity index is 1.36. The Morgan fingerprint density at radius 1 is 1.24 bits per heavy atom. The molecule has 6 rings (SSSR count). The molecular weight excluding hydrogens is 450 g/mol. The number of aliphatic hydroxyl groups is 1. The van der Waals surface area contributed by atoms with Crippen LogP contribution in [-0.2, 0) is 4.74 Å². The minimum absolute atomic E-state index is 0.218. The first kappa shape index (κ1) is 21.2. The lowest BCUT2D eigenvalue weighted by atomic mass is 10.0. The summed E-state index contributed by atoms with van der Waals surface area (Å²) in [5.74, 6) is 0.474. The van der Waals surface area contributed by atoms with Crippen LogP contribution in [0.1, 0.15) is 36.8 Å². The van der Waals surface area contributed by atoms with Gasteiger partial charge in [0.25, 0.3) is 0 Å². The van der Waals surface area contributed by atoms with Crippen molar-refractivity contribution in [2.24, 2.45) is 5.92 Å². The van der Waals surface area contributed by atoms with E-state index in [-0.39, 0.29) is 17.9 Å². The van der Waals surface area contributed by atoms with Crippen molar-refractivity contribution < 1.29 is 9.84 Å². The van der Waals surface area contributed by atoms with Crippen LogP contribution in [0.15, 0.2) is 36.7 Å². The molecule has 2 atom stereocenters. The maximum absolute atomic E-state index is 10.3. The second-order valence-corrected chi connectivity index (χ2v) is 10.5. The molecule has 4 aromatic rings. The van der Waals surface area contributed by atoms with Crippen LogP contribution in [0, 0.1) is 17.2 Å². The Morgan fingerprint density at radius 3 is 2.79 bits per heavy atom. The number of hydrogen-bond donors (Lipinski definition) is 2. The van der Waals surface area contributed by atoms with Gasteiger partial charge in [-0.3, -0.25) is 4.98 Å². The quantitative estimate of drug-likeness (QED) is 0.437. The SMILES string of the molecule is CC(C)(O)C1CC1c1nnc(-c2cnc(-c3ccc4cc(C#N)cnn34)cc2NC2COC2)s1. The van der Waals surface area contributed by atoms with Crippen molar-refractivity contribution in [2.75, 3.05) is 18.5 Å². The average molecular weight is 474 g/mol. The van der Waals surface area contributed by atoms with Crippen molar-refractivity contribution in [2.45, 2.75) is 37.8 Å². The van der Waals surface area contributed by atoms with Crippen LogP contribution in [-0.4, -0.2) is 54.8 Å². The molecular formula is C24H23N7O2S. The normalized spacial score (nSPS) is 20.2. The molecule has 0 aromatic carbocycles. The summed E-state index contributed by atoms with van der Waals surface area (Å²) >= 11 is 1.56. The van der Waals surface area contributed by atoms with Gasteiger partial charge in [0.1, 0.15) is 11.1 Å². The van der Waals surface area contributed by atoms with Gasteiger partial charge in [-0.05, 0) is 50.5 Å². The third-order valence-electron chi connectivity index (χ3n) is 6.48. The Labute approximate surface area is 200 Å². The first-order chi connectivity index (χ1) is 16.4. The highest BCUT2D eigenvalue weighted by Gasteiger charge is 2.49. The maximum Gasteiger partial charge on any atom is 0.151 e. The fourth-order valence-corrected chi connectivity index (χ4v) is 5.47. The Kier molecular flexibility index (Phi) is 4.88. The van der Waals surface area contributed by atoms with Gasteiger partial charge < -0.3 is 15.2 Å². The van der Waals surface area contributed by atoms with Gasteiger partial charge in [-0.15, -0.1) is 10.2 Å². The van der Waals surface area contributed by atoms with Crippen LogP contribution >= 0.6 is 11.3 Å². The van der Waals surface area contributed by atoms with Crippen LogP contribution in [0.2, 0.25) is 0 Å². The fraction of sp³-hybridized carbons (Fsp3) is 0.375. The van der Waals surface area contributed by atoms with Crippen molar-refractivity contribution in [1.29, 1.82) is 5.26 Å². The molecule has 2 N–H and O–H groups in total. The summed E-state index contributed by atoms with van der Waals surface area (Å²) in [6.07, 6.45) is 4.31. The average Bonchev–Trinajstić information content (AvgIpc) is 3.29. The predicted molar refractivity (Wildman–Crippen MR) is 127 cm³/mol. The number of pyridine rings is 1. The van der Waals surface area contributed by atoms with Crippen molar-refractivity contribution >= 4 is 22.5 Å². The van der Waals surface area contributed by atoms with Gasteiger partial charge in [0.05, 0.1) is 59.1 Å². The topological polar surface area (TPSA) is 121 Å². The molecule has 2 fully saturated rings. The largest absolute Gasteiger partial charge is 0.390 e.